The fraction of sp³-hybridized carbons (Fsp3) is 0.0588. The van der Waals surface area contributed by atoms with Gasteiger partial charge < -0.3 is 4.55 Å². The molecule has 100 valence electrons. The van der Waals surface area contributed by atoms with Gasteiger partial charge in [0, 0.05) is 5.75 Å². The van der Waals surface area contributed by atoms with Gasteiger partial charge in [0.05, 0.1) is 0 Å². The van der Waals surface area contributed by atoms with Crippen LogP contribution >= 0.6 is 0 Å². The number of benzene rings is 3. The fourth-order valence-corrected chi connectivity index (χ4v) is 2.86. The SMILES string of the molecule is O=S([O-])Cc1ccc(-c2cccc3ccccc23)cc1. The average molecular weight is 281 g/mol. The lowest BCUT2D eigenvalue weighted by atomic mass is 9.98. The number of fused-ring (bicyclic) bond motifs is 1. The van der Waals surface area contributed by atoms with E-state index in [0.29, 0.717) is 0 Å². The van der Waals surface area contributed by atoms with Gasteiger partial charge in [-0.15, -0.1) is 0 Å². The summed E-state index contributed by atoms with van der Waals surface area (Å²) < 4.78 is 21.4. The normalized spacial score (nSPS) is 12.4. The highest BCUT2D eigenvalue weighted by Gasteiger charge is 2.03. The van der Waals surface area contributed by atoms with Crippen molar-refractivity contribution in [2.24, 2.45) is 0 Å². The van der Waals surface area contributed by atoms with Gasteiger partial charge in [-0.3, -0.25) is 4.21 Å². The molecule has 0 amide bonds. The smallest absolute Gasteiger partial charge is 0.0353 e. The number of rotatable bonds is 3. The van der Waals surface area contributed by atoms with E-state index in [1.807, 2.05) is 42.5 Å². The number of hydrogen-bond donors (Lipinski definition) is 0. The van der Waals surface area contributed by atoms with E-state index in [1.165, 1.54) is 10.8 Å². The Morgan fingerprint density at radius 2 is 1.55 bits per heavy atom. The largest absolute Gasteiger partial charge is 0.772 e. The van der Waals surface area contributed by atoms with Crippen LogP contribution in [0.3, 0.4) is 0 Å². The molecular weight excluding hydrogens is 268 g/mol. The molecule has 1 unspecified atom stereocenters. The van der Waals surface area contributed by atoms with Crippen LogP contribution in [0.4, 0.5) is 0 Å². The van der Waals surface area contributed by atoms with Crippen molar-refractivity contribution in [3.05, 3.63) is 72.3 Å². The molecule has 0 aliphatic rings. The lowest BCUT2D eigenvalue weighted by molar-refractivity contribution is 0.536. The molecule has 0 aliphatic heterocycles. The van der Waals surface area contributed by atoms with Crippen molar-refractivity contribution in [1.29, 1.82) is 0 Å². The first-order chi connectivity index (χ1) is 9.74. The zero-order valence-corrected chi connectivity index (χ0v) is 11.6. The molecule has 3 aromatic rings. The van der Waals surface area contributed by atoms with Crippen molar-refractivity contribution < 1.29 is 8.76 Å². The van der Waals surface area contributed by atoms with E-state index >= 15 is 0 Å². The Hall–Kier alpha value is -1.97. The Labute approximate surface area is 120 Å². The predicted molar refractivity (Wildman–Crippen MR) is 82.0 cm³/mol. The summed E-state index contributed by atoms with van der Waals surface area (Å²) in [5, 5.41) is 2.41. The summed E-state index contributed by atoms with van der Waals surface area (Å²) >= 11 is -2.04. The Balaban J connectivity index is 2.05. The molecule has 0 aromatic heterocycles. The third kappa shape index (κ3) is 2.64. The minimum atomic E-state index is -2.04. The van der Waals surface area contributed by atoms with Gasteiger partial charge in [0.25, 0.3) is 0 Å². The minimum absolute atomic E-state index is 0.0653. The summed E-state index contributed by atoms with van der Waals surface area (Å²) in [6, 6.07) is 22.2. The average Bonchev–Trinajstić information content (AvgIpc) is 2.47. The van der Waals surface area contributed by atoms with Crippen LogP contribution in [-0.4, -0.2) is 8.76 Å². The van der Waals surface area contributed by atoms with Gasteiger partial charge in [-0.05, 0) is 27.5 Å². The first-order valence-corrected chi connectivity index (χ1v) is 7.61. The standard InChI is InChI=1S/C17H14O2S/c18-20(19)12-13-8-10-15(11-9-13)17-7-3-5-14-4-1-2-6-16(14)17/h1-11H,12H2,(H,18,19)/p-1. The van der Waals surface area contributed by atoms with Crippen molar-refractivity contribution in [2.45, 2.75) is 5.75 Å². The number of hydrogen-bond acceptors (Lipinski definition) is 2. The molecule has 0 radical (unpaired) electrons. The van der Waals surface area contributed by atoms with Gasteiger partial charge in [0.1, 0.15) is 0 Å². The Kier molecular flexibility index (Phi) is 3.63. The minimum Gasteiger partial charge on any atom is -0.772 e. The Morgan fingerprint density at radius 1 is 0.850 bits per heavy atom. The zero-order chi connectivity index (χ0) is 13.9. The van der Waals surface area contributed by atoms with E-state index in [1.54, 1.807) is 0 Å². The van der Waals surface area contributed by atoms with Crippen molar-refractivity contribution in [3.8, 4) is 11.1 Å². The fourth-order valence-electron chi connectivity index (χ4n) is 2.39. The Bertz CT molecular complexity index is 758. The Morgan fingerprint density at radius 3 is 2.30 bits per heavy atom. The molecule has 0 bridgehead atoms. The van der Waals surface area contributed by atoms with E-state index in [2.05, 4.69) is 24.3 Å². The third-order valence-electron chi connectivity index (χ3n) is 3.34. The lowest BCUT2D eigenvalue weighted by Crippen LogP contribution is -1.92. The highest BCUT2D eigenvalue weighted by atomic mass is 32.2. The van der Waals surface area contributed by atoms with Gasteiger partial charge in [-0.1, -0.05) is 77.8 Å². The molecule has 0 fully saturated rings. The van der Waals surface area contributed by atoms with Crippen LogP contribution in [0, 0.1) is 0 Å². The molecule has 0 spiro atoms. The quantitative estimate of drug-likeness (QED) is 0.683. The molecule has 0 aliphatic carbocycles. The van der Waals surface area contributed by atoms with E-state index in [0.717, 1.165) is 16.7 Å². The molecule has 3 rings (SSSR count). The summed E-state index contributed by atoms with van der Waals surface area (Å²) in [7, 11) is 0. The lowest BCUT2D eigenvalue weighted by Gasteiger charge is -2.09. The molecule has 0 N–H and O–H groups in total. The van der Waals surface area contributed by atoms with Crippen molar-refractivity contribution >= 4 is 21.9 Å². The second-order valence-corrected chi connectivity index (χ2v) is 5.57. The van der Waals surface area contributed by atoms with Gasteiger partial charge in [0.2, 0.25) is 0 Å². The van der Waals surface area contributed by atoms with Gasteiger partial charge in [0.15, 0.2) is 0 Å². The third-order valence-corrected chi connectivity index (χ3v) is 3.91. The summed E-state index contributed by atoms with van der Waals surface area (Å²) in [6.07, 6.45) is 0. The topological polar surface area (TPSA) is 40.1 Å². The van der Waals surface area contributed by atoms with Gasteiger partial charge in [-0.25, -0.2) is 0 Å². The van der Waals surface area contributed by atoms with Crippen LogP contribution in [-0.2, 0) is 16.8 Å². The van der Waals surface area contributed by atoms with Crippen LogP contribution in [0.2, 0.25) is 0 Å². The molecular formula is C17H13O2S-. The van der Waals surface area contributed by atoms with E-state index in [9.17, 15) is 8.76 Å². The van der Waals surface area contributed by atoms with Gasteiger partial charge in [-0.2, -0.15) is 0 Å². The second-order valence-electron chi connectivity index (χ2n) is 4.67. The van der Waals surface area contributed by atoms with E-state index in [-0.39, 0.29) is 5.75 Å². The zero-order valence-electron chi connectivity index (χ0n) is 10.8. The predicted octanol–water partition coefficient (Wildman–Crippen LogP) is 3.89. The monoisotopic (exact) mass is 281 g/mol. The van der Waals surface area contributed by atoms with E-state index in [4.69, 9.17) is 0 Å². The molecule has 2 nitrogen and oxygen atoms in total. The molecule has 0 saturated heterocycles. The summed E-state index contributed by atoms with van der Waals surface area (Å²) in [4.78, 5) is 0. The molecule has 0 saturated carbocycles. The highest BCUT2D eigenvalue weighted by molar-refractivity contribution is 7.78. The van der Waals surface area contributed by atoms with Crippen molar-refractivity contribution in [1.82, 2.24) is 0 Å². The van der Waals surface area contributed by atoms with Crippen LogP contribution in [0.25, 0.3) is 21.9 Å². The highest BCUT2D eigenvalue weighted by Crippen LogP contribution is 2.28. The first kappa shape index (κ1) is 13.0. The van der Waals surface area contributed by atoms with Gasteiger partial charge >= 0.3 is 0 Å². The van der Waals surface area contributed by atoms with Crippen molar-refractivity contribution in [2.75, 3.05) is 0 Å². The second kappa shape index (κ2) is 5.57. The maximum atomic E-state index is 10.7. The van der Waals surface area contributed by atoms with Crippen LogP contribution < -0.4 is 0 Å². The molecule has 3 heteroatoms. The summed E-state index contributed by atoms with van der Waals surface area (Å²) in [5.41, 5.74) is 3.07. The van der Waals surface area contributed by atoms with Crippen LogP contribution in [0.5, 0.6) is 0 Å². The van der Waals surface area contributed by atoms with Crippen LogP contribution in [0.1, 0.15) is 5.56 Å². The molecule has 3 aromatic carbocycles. The van der Waals surface area contributed by atoms with Crippen molar-refractivity contribution in [3.63, 3.8) is 0 Å². The summed E-state index contributed by atoms with van der Waals surface area (Å²) in [6.45, 7) is 0. The first-order valence-electron chi connectivity index (χ1n) is 6.37. The molecule has 0 heterocycles. The summed E-state index contributed by atoms with van der Waals surface area (Å²) in [5.74, 6) is 0.0653. The maximum Gasteiger partial charge on any atom is 0.0353 e. The van der Waals surface area contributed by atoms with E-state index < -0.39 is 11.1 Å². The van der Waals surface area contributed by atoms with Crippen LogP contribution in [0.15, 0.2) is 66.7 Å². The molecule has 20 heavy (non-hydrogen) atoms. The molecule has 1 atom stereocenters. The maximum absolute atomic E-state index is 10.7.